The first-order valence-electron chi connectivity index (χ1n) is 12.2. The molecule has 0 bridgehead atoms. The molecular formula is C25H28N4O9. The monoisotopic (exact) mass is 528 g/mol. The minimum Gasteiger partial charge on any atom is -0.445 e. The number of benzene rings is 2. The highest BCUT2D eigenvalue weighted by Crippen LogP contribution is 2.32. The number of aliphatic hydroxyl groups excluding tert-OH is 1. The molecule has 38 heavy (non-hydrogen) atoms. The lowest BCUT2D eigenvalue weighted by atomic mass is 9.88. The highest BCUT2D eigenvalue weighted by Gasteiger charge is 2.41. The summed E-state index contributed by atoms with van der Waals surface area (Å²) in [6.45, 7) is 0.973. The van der Waals surface area contributed by atoms with Crippen LogP contribution in [-0.2, 0) is 22.7 Å². The van der Waals surface area contributed by atoms with E-state index >= 15 is 0 Å². The van der Waals surface area contributed by atoms with Gasteiger partial charge in [-0.3, -0.25) is 20.2 Å². The Bertz CT molecular complexity index is 1160. The van der Waals surface area contributed by atoms with Crippen LogP contribution in [0.1, 0.15) is 30.4 Å². The Morgan fingerprint density at radius 2 is 1.32 bits per heavy atom. The lowest BCUT2D eigenvalue weighted by Gasteiger charge is -2.37. The molecule has 2 aliphatic rings. The minimum absolute atomic E-state index is 0.0000470. The average molecular weight is 529 g/mol. The van der Waals surface area contributed by atoms with Crippen LogP contribution in [0, 0.1) is 26.1 Å². The number of hydrogen-bond donors (Lipinski definition) is 1. The van der Waals surface area contributed by atoms with Crippen molar-refractivity contribution in [1.29, 1.82) is 0 Å². The molecule has 0 radical (unpaired) electrons. The third-order valence-corrected chi connectivity index (χ3v) is 6.92. The van der Waals surface area contributed by atoms with Crippen LogP contribution in [0.25, 0.3) is 0 Å². The molecule has 0 aromatic heterocycles. The molecular weight excluding hydrogens is 500 g/mol. The highest BCUT2D eigenvalue weighted by molar-refractivity contribution is 5.69. The van der Waals surface area contributed by atoms with Gasteiger partial charge in [0.15, 0.2) is 0 Å². The van der Waals surface area contributed by atoms with Gasteiger partial charge in [0.25, 0.3) is 11.4 Å². The van der Waals surface area contributed by atoms with Crippen LogP contribution in [-0.4, -0.2) is 68.7 Å². The van der Waals surface area contributed by atoms with Crippen LogP contribution in [0.15, 0.2) is 48.5 Å². The fourth-order valence-corrected chi connectivity index (χ4v) is 4.86. The summed E-state index contributed by atoms with van der Waals surface area (Å²) >= 11 is 0. The number of nitro benzene ring substituents is 2. The molecule has 2 heterocycles. The zero-order valence-electron chi connectivity index (χ0n) is 20.5. The van der Waals surface area contributed by atoms with E-state index in [1.807, 2.05) is 0 Å². The van der Waals surface area contributed by atoms with Crippen molar-refractivity contribution in [3.63, 3.8) is 0 Å². The molecule has 1 N–H and O–H groups in total. The summed E-state index contributed by atoms with van der Waals surface area (Å²) < 4.78 is 10.8. The summed E-state index contributed by atoms with van der Waals surface area (Å²) in [6.07, 6.45) is -0.0483. The van der Waals surface area contributed by atoms with Crippen LogP contribution in [0.2, 0.25) is 0 Å². The van der Waals surface area contributed by atoms with E-state index in [0.29, 0.717) is 43.5 Å². The topological polar surface area (TPSA) is 166 Å². The van der Waals surface area contributed by atoms with Crippen molar-refractivity contribution in [2.24, 2.45) is 5.92 Å². The fraction of sp³-hybridized carbons (Fsp3) is 0.440. The van der Waals surface area contributed by atoms with Gasteiger partial charge in [-0.25, -0.2) is 9.59 Å². The van der Waals surface area contributed by atoms with Gasteiger partial charge in [-0.15, -0.1) is 0 Å². The second-order valence-corrected chi connectivity index (χ2v) is 9.39. The normalized spacial score (nSPS) is 19.7. The van der Waals surface area contributed by atoms with E-state index in [0.717, 1.165) is 0 Å². The number of carbonyl (C=O) groups is 2. The molecule has 0 saturated carbocycles. The van der Waals surface area contributed by atoms with Crippen LogP contribution in [0.3, 0.4) is 0 Å². The number of carbonyl (C=O) groups excluding carboxylic acids is 2. The van der Waals surface area contributed by atoms with E-state index in [4.69, 9.17) is 9.47 Å². The van der Waals surface area contributed by atoms with Crippen LogP contribution >= 0.6 is 0 Å². The van der Waals surface area contributed by atoms with E-state index in [1.165, 1.54) is 41.3 Å². The number of rotatable bonds is 7. The maximum atomic E-state index is 12.8. The van der Waals surface area contributed by atoms with Gasteiger partial charge in [-0.2, -0.15) is 0 Å². The Hall–Kier alpha value is -4.26. The van der Waals surface area contributed by atoms with Gasteiger partial charge in [0, 0.05) is 43.4 Å². The van der Waals surface area contributed by atoms with Crippen LogP contribution < -0.4 is 0 Å². The summed E-state index contributed by atoms with van der Waals surface area (Å²) in [7, 11) is 0. The van der Waals surface area contributed by atoms with E-state index in [9.17, 15) is 34.9 Å². The lowest BCUT2D eigenvalue weighted by Crippen LogP contribution is -2.46. The van der Waals surface area contributed by atoms with Crippen molar-refractivity contribution in [2.75, 3.05) is 19.6 Å². The van der Waals surface area contributed by atoms with Gasteiger partial charge < -0.3 is 24.4 Å². The maximum Gasteiger partial charge on any atom is 0.410 e. The number of β-amino-alcohol motifs (C(OH)–C–C–N with tert-alkyl or cyclic N) is 1. The fourth-order valence-electron chi connectivity index (χ4n) is 4.86. The van der Waals surface area contributed by atoms with Gasteiger partial charge >= 0.3 is 12.2 Å². The van der Waals surface area contributed by atoms with Crippen molar-refractivity contribution in [2.45, 2.75) is 44.6 Å². The summed E-state index contributed by atoms with van der Waals surface area (Å²) in [5.74, 6) is 0.0674. The van der Waals surface area contributed by atoms with E-state index in [2.05, 4.69) is 0 Å². The van der Waals surface area contributed by atoms with Gasteiger partial charge in [0.05, 0.1) is 22.5 Å². The van der Waals surface area contributed by atoms with Crippen LogP contribution in [0.5, 0.6) is 0 Å². The molecule has 2 fully saturated rings. The molecule has 2 aliphatic heterocycles. The zero-order chi connectivity index (χ0) is 27.2. The van der Waals surface area contributed by atoms with Crippen LogP contribution in [0.4, 0.5) is 21.0 Å². The maximum absolute atomic E-state index is 12.8. The zero-order valence-corrected chi connectivity index (χ0v) is 20.5. The molecule has 0 spiro atoms. The van der Waals surface area contributed by atoms with E-state index in [-0.39, 0.29) is 43.1 Å². The molecule has 0 aliphatic carbocycles. The molecule has 2 aromatic carbocycles. The number of nitro groups is 2. The summed E-state index contributed by atoms with van der Waals surface area (Å²) in [6, 6.07) is 11.3. The molecule has 4 rings (SSSR count). The standard InChI is InChI=1S/C25H28N4O9/c30-22-13-23(27(14-22)25(32)38-16-18-3-7-21(8-4-18)29(35)36)19-9-11-26(12-10-19)24(31)37-15-17-1-5-20(6-2-17)28(33)34/h1-8,19,22-23,30H,9-16H2/t22-,23+/m1/s1. The second kappa shape index (κ2) is 11.9. The molecule has 2 atom stereocenters. The molecule has 202 valence electrons. The predicted molar refractivity (Wildman–Crippen MR) is 132 cm³/mol. The molecule has 13 heteroatoms. The number of piperidine rings is 1. The summed E-state index contributed by atoms with van der Waals surface area (Å²) in [5, 5.41) is 31.8. The van der Waals surface area contributed by atoms with Crippen molar-refractivity contribution < 1.29 is 34.0 Å². The van der Waals surface area contributed by atoms with Crippen molar-refractivity contribution in [3.05, 3.63) is 79.9 Å². The second-order valence-electron chi connectivity index (χ2n) is 9.39. The van der Waals surface area contributed by atoms with E-state index < -0.39 is 28.1 Å². The average Bonchev–Trinajstić information content (AvgIpc) is 3.32. The number of hydrogen-bond acceptors (Lipinski definition) is 9. The Morgan fingerprint density at radius 3 is 1.79 bits per heavy atom. The minimum atomic E-state index is -0.670. The number of ether oxygens (including phenoxy) is 2. The number of aliphatic hydroxyl groups is 1. The number of likely N-dealkylation sites (tertiary alicyclic amines) is 2. The smallest absolute Gasteiger partial charge is 0.410 e. The first-order chi connectivity index (χ1) is 18.2. The Balaban J connectivity index is 1.25. The Morgan fingerprint density at radius 1 is 0.842 bits per heavy atom. The SMILES string of the molecule is O=C(OCc1ccc([N+](=O)[O-])cc1)N1CCC([C@@H]2C[C@@H](O)CN2C(=O)OCc2ccc([N+](=O)[O-])cc2)CC1. The lowest BCUT2D eigenvalue weighted by molar-refractivity contribution is -0.385. The van der Waals surface area contributed by atoms with Gasteiger partial charge in [-0.1, -0.05) is 0 Å². The summed E-state index contributed by atoms with van der Waals surface area (Å²) in [5.41, 5.74) is 1.16. The number of amides is 2. The third-order valence-electron chi connectivity index (χ3n) is 6.92. The summed E-state index contributed by atoms with van der Waals surface area (Å²) in [4.78, 5) is 49.0. The Labute approximate surface area is 217 Å². The molecule has 2 aromatic rings. The highest BCUT2D eigenvalue weighted by atomic mass is 16.6. The van der Waals surface area contributed by atoms with E-state index in [1.54, 1.807) is 17.0 Å². The predicted octanol–water partition coefficient (Wildman–Crippen LogP) is 3.62. The third kappa shape index (κ3) is 6.54. The van der Waals surface area contributed by atoms with Gasteiger partial charge in [0.2, 0.25) is 0 Å². The quantitative estimate of drug-likeness (QED) is 0.417. The molecule has 13 nitrogen and oxygen atoms in total. The van der Waals surface area contributed by atoms with Crippen molar-refractivity contribution in [3.8, 4) is 0 Å². The first kappa shape index (κ1) is 26.8. The van der Waals surface area contributed by atoms with Crippen molar-refractivity contribution >= 4 is 23.6 Å². The Kier molecular flexibility index (Phi) is 8.36. The number of non-ortho nitro benzene ring substituents is 2. The number of nitrogens with zero attached hydrogens (tertiary/aromatic N) is 4. The van der Waals surface area contributed by atoms with Crippen molar-refractivity contribution in [1.82, 2.24) is 9.80 Å². The van der Waals surface area contributed by atoms with Gasteiger partial charge in [-0.05, 0) is 60.6 Å². The largest absolute Gasteiger partial charge is 0.445 e. The van der Waals surface area contributed by atoms with Gasteiger partial charge in [0.1, 0.15) is 13.2 Å². The molecule has 0 unspecified atom stereocenters. The molecule has 2 saturated heterocycles. The molecule has 2 amide bonds. The first-order valence-corrected chi connectivity index (χ1v) is 12.2.